The SMILES string of the molecule is CC(C)(C)c1ccc2c(c1)c1ccccc1n2-c1ccc(-c2cccnc2)cc1-c1nc(-c2ccccc2)nc(-c2ccccc2)n1. The van der Waals surface area contributed by atoms with Crippen LogP contribution in [0.2, 0.25) is 0 Å². The Labute approximate surface area is 274 Å². The van der Waals surface area contributed by atoms with Gasteiger partial charge in [-0.25, -0.2) is 15.0 Å². The molecule has 0 atom stereocenters. The zero-order valence-corrected chi connectivity index (χ0v) is 26.6. The quantitative estimate of drug-likeness (QED) is 0.195. The number of nitrogens with zero attached hydrogens (tertiary/aromatic N) is 5. The van der Waals surface area contributed by atoms with Crippen molar-refractivity contribution in [1.82, 2.24) is 24.5 Å². The molecule has 0 saturated heterocycles. The lowest BCUT2D eigenvalue weighted by Gasteiger charge is -2.19. The van der Waals surface area contributed by atoms with E-state index in [-0.39, 0.29) is 5.41 Å². The molecule has 0 bridgehead atoms. The standard InChI is InChI=1S/C42H33N5/c1-42(2,3)32-21-23-37-34(26-32)33-18-10-11-19-36(33)47(37)38-22-20-30(31-17-12-24-43-27-31)25-35(38)41-45-39(28-13-6-4-7-14-28)44-40(46-41)29-15-8-5-9-16-29/h4-27H,1-3H3. The highest BCUT2D eigenvalue weighted by Crippen LogP contribution is 2.39. The van der Waals surface area contributed by atoms with Crippen molar-refractivity contribution < 1.29 is 0 Å². The van der Waals surface area contributed by atoms with Crippen LogP contribution in [-0.2, 0) is 5.41 Å². The molecule has 0 fully saturated rings. The van der Waals surface area contributed by atoms with Crippen molar-refractivity contribution in [1.29, 1.82) is 0 Å². The molecule has 0 saturated carbocycles. The summed E-state index contributed by atoms with van der Waals surface area (Å²) in [5, 5.41) is 2.43. The first-order valence-electron chi connectivity index (χ1n) is 15.9. The van der Waals surface area contributed by atoms with Crippen LogP contribution in [0, 0.1) is 0 Å². The fourth-order valence-corrected chi connectivity index (χ4v) is 6.25. The molecule has 8 rings (SSSR count). The first-order chi connectivity index (χ1) is 22.9. The highest BCUT2D eigenvalue weighted by atomic mass is 15.1. The maximum absolute atomic E-state index is 5.16. The van der Waals surface area contributed by atoms with E-state index in [1.807, 2.05) is 72.9 Å². The third kappa shape index (κ3) is 5.26. The number of pyridine rings is 1. The van der Waals surface area contributed by atoms with E-state index in [0.29, 0.717) is 17.5 Å². The average Bonchev–Trinajstić information content (AvgIpc) is 3.45. The predicted octanol–water partition coefficient (Wildman–Crippen LogP) is 10.3. The molecule has 5 nitrogen and oxygen atoms in total. The Balaban J connectivity index is 1.45. The van der Waals surface area contributed by atoms with Crippen LogP contribution in [0.1, 0.15) is 26.3 Å². The number of rotatable bonds is 5. The Morgan fingerprint density at radius 2 is 1.11 bits per heavy atom. The zero-order chi connectivity index (χ0) is 32.0. The molecule has 0 N–H and O–H groups in total. The van der Waals surface area contributed by atoms with Gasteiger partial charge in [-0.2, -0.15) is 0 Å². The Morgan fingerprint density at radius 3 is 1.77 bits per heavy atom. The lowest BCUT2D eigenvalue weighted by molar-refractivity contribution is 0.591. The first kappa shape index (κ1) is 28.5. The van der Waals surface area contributed by atoms with E-state index in [0.717, 1.165) is 44.5 Å². The van der Waals surface area contributed by atoms with Crippen LogP contribution in [0.5, 0.6) is 0 Å². The summed E-state index contributed by atoms with van der Waals surface area (Å²) in [4.78, 5) is 19.7. The Kier molecular flexibility index (Phi) is 6.95. The monoisotopic (exact) mass is 607 g/mol. The third-order valence-electron chi connectivity index (χ3n) is 8.71. The van der Waals surface area contributed by atoms with Crippen LogP contribution >= 0.6 is 0 Å². The molecule has 8 aromatic rings. The highest BCUT2D eigenvalue weighted by Gasteiger charge is 2.22. The van der Waals surface area contributed by atoms with Gasteiger partial charge in [0, 0.05) is 45.4 Å². The summed E-state index contributed by atoms with van der Waals surface area (Å²) in [7, 11) is 0. The van der Waals surface area contributed by atoms with Crippen LogP contribution in [-0.4, -0.2) is 24.5 Å². The second kappa shape index (κ2) is 11.5. The van der Waals surface area contributed by atoms with E-state index in [9.17, 15) is 0 Å². The van der Waals surface area contributed by atoms with Crippen molar-refractivity contribution in [3.63, 3.8) is 0 Å². The number of hydrogen-bond donors (Lipinski definition) is 0. The Morgan fingerprint density at radius 1 is 0.489 bits per heavy atom. The summed E-state index contributed by atoms with van der Waals surface area (Å²) < 4.78 is 2.35. The van der Waals surface area contributed by atoms with E-state index in [4.69, 9.17) is 15.0 Å². The van der Waals surface area contributed by atoms with Gasteiger partial charge in [-0.05, 0) is 52.9 Å². The van der Waals surface area contributed by atoms with Crippen LogP contribution in [0.4, 0.5) is 0 Å². The summed E-state index contributed by atoms with van der Waals surface area (Å²) >= 11 is 0. The van der Waals surface area contributed by atoms with Crippen LogP contribution in [0.3, 0.4) is 0 Å². The van der Waals surface area contributed by atoms with Gasteiger partial charge in [0.15, 0.2) is 17.5 Å². The predicted molar refractivity (Wildman–Crippen MR) is 192 cm³/mol. The van der Waals surface area contributed by atoms with E-state index in [1.54, 1.807) is 6.20 Å². The van der Waals surface area contributed by atoms with Crippen molar-refractivity contribution in [3.8, 4) is 51.0 Å². The summed E-state index contributed by atoms with van der Waals surface area (Å²) in [5.74, 6) is 1.86. The van der Waals surface area contributed by atoms with Crippen LogP contribution < -0.4 is 0 Å². The number of benzene rings is 5. The summed E-state index contributed by atoms with van der Waals surface area (Å²) in [6, 6.07) is 46.3. The van der Waals surface area contributed by atoms with Gasteiger partial charge in [-0.1, -0.05) is 118 Å². The van der Waals surface area contributed by atoms with Crippen molar-refractivity contribution in [2.45, 2.75) is 26.2 Å². The molecule has 0 aliphatic heterocycles. The van der Waals surface area contributed by atoms with Crippen LogP contribution in [0.25, 0.3) is 72.8 Å². The number of aromatic nitrogens is 5. The van der Waals surface area contributed by atoms with Gasteiger partial charge in [-0.3, -0.25) is 4.98 Å². The molecule has 0 aliphatic rings. The molecule has 0 spiro atoms. The molecule has 0 amide bonds. The first-order valence-corrected chi connectivity index (χ1v) is 15.9. The minimum Gasteiger partial charge on any atom is -0.309 e. The van der Waals surface area contributed by atoms with Crippen molar-refractivity contribution in [2.75, 3.05) is 0 Å². The summed E-state index contributed by atoms with van der Waals surface area (Å²) in [6.45, 7) is 6.79. The van der Waals surface area contributed by atoms with E-state index in [2.05, 4.69) is 97.1 Å². The van der Waals surface area contributed by atoms with Gasteiger partial charge in [-0.15, -0.1) is 0 Å². The maximum Gasteiger partial charge on any atom is 0.166 e. The smallest absolute Gasteiger partial charge is 0.166 e. The molecule has 0 unspecified atom stereocenters. The van der Waals surface area contributed by atoms with Crippen molar-refractivity contribution in [2.24, 2.45) is 0 Å². The Hall–Kier alpha value is -5.94. The van der Waals surface area contributed by atoms with Gasteiger partial charge >= 0.3 is 0 Å². The fourth-order valence-electron chi connectivity index (χ4n) is 6.25. The van der Waals surface area contributed by atoms with Gasteiger partial charge in [0.1, 0.15) is 0 Å². The molecular weight excluding hydrogens is 574 g/mol. The highest BCUT2D eigenvalue weighted by molar-refractivity contribution is 6.10. The molecular formula is C42H33N5. The number of para-hydroxylation sites is 1. The molecule has 3 aromatic heterocycles. The van der Waals surface area contributed by atoms with Crippen molar-refractivity contribution >= 4 is 21.8 Å². The second-order valence-corrected chi connectivity index (χ2v) is 12.8. The molecule has 5 heteroatoms. The lowest BCUT2D eigenvalue weighted by atomic mass is 9.86. The molecule has 0 radical (unpaired) electrons. The normalized spacial score (nSPS) is 11.7. The number of fused-ring (bicyclic) bond motifs is 3. The lowest BCUT2D eigenvalue weighted by Crippen LogP contribution is -2.10. The van der Waals surface area contributed by atoms with Gasteiger partial charge in [0.05, 0.1) is 16.7 Å². The zero-order valence-electron chi connectivity index (χ0n) is 26.6. The summed E-state index contributed by atoms with van der Waals surface area (Å²) in [5.41, 5.74) is 9.43. The van der Waals surface area contributed by atoms with Crippen molar-refractivity contribution in [3.05, 3.63) is 151 Å². The van der Waals surface area contributed by atoms with Gasteiger partial charge in [0.2, 0.25) is 0 Å². The minimum absolute atomic E-state index is 0.0283. The van der Waals surface area contributed by atoms with Gasteiger partial charge in [0.25, 0.3) is 0 Å². The largest absolute Gasteiger partial charge is 0.309 e. The summed E-state index contributed by atoms with van der Waals surface area (Å²) in [6.07, 6.45) is 3.69. The molecule has 47 heavy (non-hydrogen) atoms. The number of hydrogen-bond acceptors (Lipinski definition) is 4. The second-order valence-electron chi connectivity index (χ2n) is 12.8. The molecule has 226 valence electrons. The molecule has 3 heterocycles. The fraction of sp³-hybridized carbons (Fsp3) is 0.0952. The van der Waals surface area contributed by atoms with E-state index >= 15 is 0 Å². The maximum atomic E-state index is 5.16. The molecule has 0 aliphatic carbocycles. The van der Waals surface area contributed by atoms with E-state index < -0.39 is 0 Å². The topological polar surface area (TPSA) is 56.5 Å². The van der Waals surface area contributed by atoms with E-state index in [1.165, 1.54) is 16.3 Å². The third-order valence-corrected chi connectivity index (χ3v) is 8.71. The van der Waals surface area contributed by atoms with Gasteiger partial charge < -0.3 is 4.57 Å². The minimum atomic E-state index is 0.0283. The average molecular weight is 608 g/mol. The molecule has 5 aromatic carbocycles. The van der Waals surface area contributed by atoms with Crippen LogP contribution in [0.15, 0.2) is 146 Å². The Bertz CT molecular complexity index is 2310.